The fourth-order valence-electron chi connectivity index (χ4n) is 8.88. The molecule has 0 saturated carbocycles. The lowest BCUT2D eigenvalue weighted by Gasteiger charge is -2.32. The monoisotopic (exact) mass is 948 g/mol. The number of benzene rings is 2. The summed E-state index contributed by atoms with van der Waals surface area (Å²) < 4.78 is 12.0. The van der Waals surface area contributed by atoms with E-state index in [1.165, 1.54) is 0 Å². The van der Waals surface area contributed by atoms with Gasteiger partial charge in [-0.3, -0.25) is 9.59 Å². The molecule has 6 N–H and O–H groups in total. The molecule has 0 unspecified atom stereocenters. The first-order valence-electron chi connectivity index (χ1n) is 23.5. The standard InChI is InChI=1S/2C25H35ClN4O3/c2*1-17-12-22(13-18(2)24(17)23(32)6-5-21(31)14-27)33-11-3-4-19-7-9-30(10-8-19)25-28-15-20(26)16-29-25/h2*12-13,15-16,19,21,31H,3-11,14,27H2,1-2H3/t2*21-/m10/s1. The average Bonchev–Trinajstić information content (AvgIpc) is 3.31. The van der Waals surface area contributed by atoms with Gasteiger partial charge >= 0.3 is 0 Å². The molecule has 6 rings (SSSR count). The van der Waals surface area contributed by atoms with Crippen LogP contribution in [0, 0.1) is 39.5 Å². The molecule has 14 nitrogen and oxygen atoms in total. The van der Waals surface area contributed by atoms with Gasteiger partial charge in [0.1, 0.15) is 11.5 Å². The van der Waals surface area contributed by atoms with Crippen LogP contribution in [0.2, 0.25) is 10.0 Å². The fourth-order valence-corrected chi connectivity index (χ4v) is 9.08. The van der Waals surface area contributed by atoms with E-state index in [2.05, 4.69) is 29.7 Å². The minimum Gasteiger partial charge on any atom is -0.494 e. The molecule has 2 atom stereocenters. The summed E-state index contributed by atoms with van der Waals surface area (Å²) in [6.07, 6.45) is 15.4. The van der Waals surface area contributed by atoms with E-state index in [1.807, 2.05) is 52.0 Å². The van der Waals surface area contributed by atoms with E-state index >= 15 is 0 Å². The number of rotatable bonds is 22. The number of nitrogens with two attached hydrogens (primary N) is 2. The van der Waals surface area contributed by atoms with Gasteiger partial charge < -0.3 is 41.0 Å². The van der Waals surface area contributed by atoms with Crippen molar-refractivity contribution in [1.29, 1.82) is 0 Å². The Hall–Kier alpha value is -4.44. The number of ether oxygens (including phenoxy) is 2. The van der Waals surface area contributed by atoms with Gasteiger partial charge in [-0.2, -0.15) is 0 Å². The van der Waals surface area contributed by atoms with Crippen molar-refractivity contribution in [3.8, 4) is 11.5 Å². The molecule has 360 valence electrons. The number of carbonyl (C=O) groups excluding carboxylic acids is 2. The number of halogens is 2. The molecule has 0 aliphatic carbocycles. The van der Waals surface area contributed by atoms with Crippen molar-refractivity contribution < 1.29 is 29.3 Å². The van der Waals surface area contributed by atoms with Gasteiger partial charge in [-0.05, 0) is 150 Å². The maximum Gasteiger partial charge on any atom is 0.225 e. The molecular weight excluding hydrogens is 880 g/mol. The summed E-state index contributed by atoms with van der Waals surface area (Å²) in [6.45, 7) is 13.3. The lowest BCUT2D eigenvalue weighted by Crippen LogP contribution is -2.34. The van der Waals surface area contributed by atoms with E-state index in [9.17, 15) is 19.8 Å². The summed E-state index contributed by atoms with van der Waals surface area (Å²) in [4.78, 5) is 46.8. The number of nitrogens with zero attached hydrogens (tertiary/aromatic N) is 6. The van der Waals surface area contributed by atoms with Crippen LogP contribution in [0.15, 0.2) is 49.1 Å². The number of aryl methyl sites for hydroxylation is 4. The highest BCUT2D eigenvalue weighted by Crippen LogP contribution is 2.29. The predicted molar refractivity (Wildman–Crippen MR) is 262 cm³/mol. The Morgan fingerprint density at radius 3 is 1.24 bits per heavy atom. The van der Waals surface area contributed by atoms with Gasteiger partial charge in [0.2, 0.25) is 11.9 Å². The smallest absolute Gasteiger partial charge is 0.225 e. The van der Waals surface area contributed by atoms with Crippen molar-refractivity contribution in [2.24, 2.45) is 23.3 Å². The van der Waals surface area contributed by atoms with Crippen LogP contribution in [0.3, 0.4) is 0 Å². The van der Waals surface area contributed by atoms with Gasteiger partial charge in [0.25, 0.3) is 0 Å². The number of aromatic nitrogens is 4. The van der Waals surface area contributed by atoms with Crippen LogP contribution in [0.25, 0.3) is 0 Å². The fraction of sp³-hybridized carbons (Fsp3) is 0.560. The van der Waals surface area contributed by atoms with Crippen molar-refractivity contribution in [2.75, 3.05) is 62.3 Å². The molecule has 66 heavy (non-hydrogen) atoms. The second-order valence-electron chi connectivity index (χ2n) is 17.8. The molecule has 2 aromatic heterocycles. The third-order valence-corrected chi connectivity index (χ3v) is 13.0. The molecule has 0 spiro atoms. The van der Waals surface area contributed by atoms with E-state index in [4.69, 9.17) is 44.1 Å². The molecule has 2 fully saturated rings. The minimum absolute atomic E-state index is 0.0411. The van der Waals surface area contributed by atoms with Gasteiger partial charge in [0.15, 0.2) is 11.6 Å². The zero-order valence-corrected chi connectivity index (χ0v) is 40.7. The summed E-state index contributed by atoms with van der Waals surface area (Å²) >= 11 is 11.7. The number of hydrogen-bond donors (Lipinski definition) is 4. The zero-order valence-electron chi connectivity index (χ0n) is 39.2. The van der Waals surface area contributed by atoms with E-state index in [-0.39, 0.29) is 24.7 Å². The molecular formula is C50H70Cl2N8O6. The van der Waals surface area contributed by atoms with Gasteiger partial charge in [0, 0.05) is 63.2 Å². The first kappa shape index (κ1) is 52.5. The van der Waals surface area contributed by atoms with Gasteiger partial charge in [0.05, 0.1) is 60.3 Å². The Morgan fingerprint density at radius 2 is 0.939 bits per heavy atom. The van der Waals surface area contributed by atoms with Gasteiger partial charge in [-0.1, -0.05) is 23.2 Å². The molecule has 0 amide bonds. The van der Waals surface area contributed by atoms with Crippen LogP contribution < -0.4 is 30.7 Å². The molecule has 0 radical (unpaired) electrons. The third-order valence-electron chi connectivity index (χ3n) is 12.6. The van der Waals surface area contributed by atoms with Crippen molar-refractivity contribution in [3.05, 3.63) is 92.5 Å². The summed E-state index contributed by atoms with van der Waals surface area (Å²) in [5, 5.41) is 20.3. The molecule has 4 heterocycles. The van der Waals surface area contributed by atoms with Crippen molar-refractivity contribution in [2.45, 2.75) is 117 Å². The number of piperidine rings is 2. The Balaban J connectivity index is 0.000000247. The molecule has 2 aliphatic heterocycles. The SMILES string of the molecule is Cc1cc(OCCCC2CCN(c3ncc(Cl)cn3)CC2)cc(C)c1C(=O)CC[C@@H](O)CN.Cc1cc(OCCCC2CCN(c3ncc(Cl)cn3)CC2)cc(C)c1C(=O)CC[C@H](O)CN. The summed E-state index contributed by atoms with van der Waals surface area (Å²) in [7, 11) is 0. The number of aliphatic hydroxyl groups is 2. The highest BCUT2D eigenvalue weighted by atomic mass is 35.5. The lowest BCUT2D eigenvalue weighted by molar-refractivity contribution is 0.0937. The molecule has 2 aromatic carbocycles. The number of Topliss-reactive ketones (excluding diaryl/α,β-unsaturated/α-hetero) is 2. The molecule has 2 aliphatic rings. The second-order valence-corrected chi connectivity index (χ2v) is 18.7. The lowest BCUT2D eigenvalue weighted by atomic mass is 9.92. The van der Waals surface area contributed by atoms with Gasteiger partial charge in [-0.15, -0.1) is 0 Å². The van der Waals surface area contributed by atoms with E-state index in [0.29, 0.717) is 60.8 Å². The Labute approximate surface area is 400 Å². The normalized spacial score (nSPS) is 15.5. The highest BCUT2D eigenvalue weighted by Gasteiger charge is 2.23. The number of anilines is 2. The van der Waals surface area contributed by atoms with E-state index in [0.717, 1.165) is 134 Å². The Bertz CT molecular complexity index is 1930. The molecule has 16 heteroatoms. The zero-order chi connectivity index (χ0) is 47.6. The highest BCUT2D eigenvalue weighted by molar-refractivity contribution is 6.30. The number of ketones is 2. The number of aliphatic hydroxyl groups excluding tert-OH is 2. The average molecular weight is 950 g/mol. The summed E-state index contributed by atoms with van der Waals surface area (Å²) in [5.41, 5.74) is 16.0. The van der Waals surface area contributed by atoms with Crippen LogP contribution in [-0.2, 0) is 0 Å². The number of carbonyl (C=O) groups is 2. The molecule has 4 aromatic rings. The summed E-state index contributed by atoms with van der Waals surface area (Å²) in [6, 6.07) is 7.74. The molecule has 0 bridgehead atoms. The Morgan fingerprint density at radius 1 is 0.621 bits per heavy atom. The third kappa shape index (κ3) is 16.4. The predicted octanol–water partition coefficient (Wildman–Crippen LogP) is 8.21. The Kier molecular flexibility index (Phi) is 21.3. The van der Waals surface area contributed by atoms with Crippen LogP contribution in [0.4, 0.5) is 11.9 Å². The molecule has 2 saturated heterocycles. The minimum atomic E-state index is -0.629. The van der Waals surface area contributed by atoms with Crippen molar-refractivity contribution in [1.82, 2.24) is 19.9 Å². The number of hydrogen-bond acceptors (Lipinski definition) is 14. The topological polar surface area (TPSA) is 203 Å². The quantitative estimate of drug-likeness (QED) is 0.0433. The first-order chi connectivity index (χ1) is 31.7. The van der Waals surface area contributed by atoms with Crippen molar-refractivity contribution >= 4 is 46.7 Å². The van der Waals surface area contributed by atoms with Crippen LogP contribution in [0.1, 0.15) is 120 Å². The van der Waals surface area contributed by atoms with E-state index in [1.54, 1.807) is 24.8 Å². The van der Waals surface area contributed by atoms with E-state index < -0.39 is 12.2 Å². The maximum absolute atomic E-state index is 12.6. The van der Waals surface area contributed by atoms with Crippen LogP contribution >= 0.6 is 23.2 Å². The first-order valence-corrected chi connectivity index (χ1v) is 24.3. The van der Waals surface area contributed by atoms with Crippen LogP contribution in [0.5, 0.6) is 11.5 Å². The van der Waals surface area contributed by atoms with Crippen LogP contribution in [-0.4, -0.2) is 106 Å². The second kappa shape index (κ2) is 26.8. The largest absolute Gasteiger partial charge is 0.494 e. The maximum atomic E-state index is 12.6. The summed E-state index contributed by atoms with van der Waals surface area (Å²) in [5.74, 6) is 4.57. The van der Waals surface area contributed by atoms with Gasteiger partial charge in [-0.25, -0.2) is 19.9 Å². The van der Waals surface area contributed by atoms with Crippen molar-refractivity contribution in [3.63, 3.8) is 0 Å².